The Bertz CT molecular complexity index is 1550. The van der Waals surface area contributed by atoms with Crippen LogP contribution in [0, 0.1) is 6.92 Å². The van der Waals surface area contributed by atoms with Crippen LogP contribution in [0.3, 0.4) is 0 Å². The van der Waals surface area contributed by atoms with Gasteiger partial charge in [-0.15, -0.1) is 0 Å². The van der Waals surface area contributed by atoms with Crippen LogP contribution in [0.2, 0.25) is 0 Å². The molecule has 0 saturated heterocycles. The van der Waals surface area contributed by atoms with Crippen molar-refractivity contribution in [2.45, 2.75) is 41.2 Å². The zero-order chi connectivity index (χ0) is 27.1. The summed E-state index contributed by atoms with van der Waals surface area (Å²) in [7, 11) is 0. The van der Waals surface area contributed by atoms with E-state index in [9.17, 15) is 0 Å². The second-order valence-corrected chi connectivity index (χ2v) is 9.41. The summed E-state index contributed by atoms with van der Waals surface area (Å²) in [6.07, 6.45) is 15.4. The predicted octanol–water partition coefficient (Wildman–Crippen LogP) is 6.73. The van der Waals surface area contributed by atoms with Crippen LogP contribution in [0.1, 0.15) is 44.5 Å². The van der Waals surface area contributed by atoms with Gasteiger partial charge in [0.2, 0.25) is 0 Å². The van der Waals surface area contributed by atoms with Crippen molar-refractivity contribution in [2.24, 2.45) is 4.99 Å². The summed E-state index contributed by atoms with van der Waals surface area (Å²) in [5.41, 5.74) is 9.28. The number of nitrogens with one attached hydrogen (secondary N) is 2. The molecule has 194 valence electrons. The SMILES string of the molecule is C=C(Nc1ccccc1C)/C(C)=C/C=C(\C)NC(C)=N/C=C(\C)c1cnc2cc(Cn3ccnc3)ccn12. The molecule has 1 aromatic carbocycles. The van der Waals surface area contributed by atoms with Crippen LogP contribution < -0.4 is 10.6 Å². The van der Waals surface area contributed by atoms with Gasteiger partial charge in [-0.05, 0) is 81.2 Å². The first-order chi connectivity index (χ1) is 18.3. The number of pyridine rings is 1. The number of benzene rings is 1. The lowest BCUT2D eigenvalue weighted by Crippen LogP contribution is -2.17. The third-order valence-corrected chi connectivity index (χ3v) is 6.23. The summed E-state index contributed by atoms with van der Waals surface area (Å²) in [6, 6.07) is 12.4. The molecular formula is C31H35N7. The molecule has 4 rings (SSSR count). The van der Waals surface area contributed by atoms with Gasteiger partial charge in [-0.3, -0.25) is 4.40 Å². The Balaban J connectivity index is 1.38. The van der Waals surface area contributed by atoms with Crippen molar-refractivity contribution in [1.29, 1.82) is 0 Å². The predicted molar refractivity (Wildman–Crippen MR) is 158 cm³/mol. The third-order valence-electron chi connectivity index (χ3n) is 6.23. The molecular weight excluding hydrogens is 470 g/mol. The van der Waals surface area contributed by atoms with Gasteiger partial charge in [0, 0.05) is 48.4 Å². The molecule has 38 heavy (non-hydrogen) atoms. The van der Waals surface area contributed by atoms with Crippen molar-refractivity contribution in [3.8, 4) is 0 Å². The van der Waals surface area contributed by atoms with Gasteiger partial charge in [-0.25, -0.2) is 15.0 Å². The van der Waals surface area contributed by atoms with Crippen LogP contribution in [-0.4, -0.2) is 24.8 Å². The van der Waals surface area contributed by atoms with E-state index < -0.39 is 0 Å². The summed E-state index contributed by atoms with van der Waals surface area (Å²) in [5, 5.41) is 6.73. The fourth-order valence-corrected chi connectivity index (χ4v) is 3.95. The molecule has 0 bridgehead atoms. The number of para-hydroxylation sites is 1. The van der Waals surface area contributed by atoms with Crippen molar-refractivity contribution in [2.75, 3.05) is 5.32 Å². The van der Waals surface area contributed by atoms with Crippen LogP contribution in [0.4, 0.5) is 5.69 Å². The molecule has 0 aliphatic carbocycles. The van der Waals surface area contributed by atoms with E-state index in [4.69, 9.17) is 0 Å². The number of hydrogen-bond acceptors (Lipinski definition) is 4. The number of aromatic nitrogens is 4. The minimum atomic E-state index is 0.765. The molecule has 0 amide bonds. The minimum Gasteiger partial charge on any atom is -0.356 e. The number of anilines is 1. The number of rotatable bonds is 9. The third kappa shape index (κ3) is 6.76. The first kappa shape index (κ1) is 26.4. The van der Waals surface area contributed by atoms with Crippen molar-refractivity contribution in [3.05, 3.63) is 126 Å². The lowest BCUT2D eigenvalue weighted by atomic mass is 10.1. The van der Waals surface area contributed by atoms with Crippen LogP contribution in [0.15, 0.2) is 114 Å². The molecule has 7 heteroatoms. The van der Waals surface area contributed by atoms with Crippen LogP contribution >= 0.6 is 0 Å². The van der Waals surface area contributed by atoms with E-state index in [2.05, 4.69) is 74.0 Å². The Morgan fingerprint density at radius 2 is 1.89 bits per heavy atom. The summed E-state index contributed by atoms with van der Waals surface area (Å²) in [5.74, 6) is 0.803. The number of imidazole rings is 2. The van der Waals surface area contributed by atoms with Gasteiger partial charge in [-0.1, -0.05) is 30.9 Å². The topological polar surface area (TPSA) is 71.5 Å². The van der Waals surface area contributed by atoms with Crippen molar-refractivity contribution in [1.82, 2.24) is 24.3 Å². The Morgan fingerprint density at radius 3 is 2.66 bits per heavy atom. The quantitative estimate of drug-likeness (QED) is 0.150. The number of allylic oxidation sites excluding steroid dienone is 5. The largest absolute Gasteiger partial charge is 0.356 e. The fraction of sp³-hybridized carbons (Fsp3) is 0.194. The van der Waals surface area contributed by atoms with Gasteiger partial charge in [0.25, 0.3) is 0 Å². The monoisotopic (exact) mass is 505 g/mol. The number of nitrogens with zero attached hydrogens (tertiary/aromatic N) is 5. The molecule has 3 aromatic heterocycles. The van der Waals surface area contributed by atoms with Crippen molar-refractivity contribution in [3.63, 3.8) is 0 Å². The van der Waals surface area contributed by atoms with Gasteiger partial charge >= 0.3 is 0 Å². The minimum absolute atomic E-state index is 0.765. The Morgan fingerprint density at radius 1 is 1.08 bits per heavy atom. The highest BCUT2D eigenvalue weighted by atomic mass is 15.0. The van der Waals surface area contributed by atoms with Gasteiger partial charge in [0.05, 0.1) is 18.2 Å². The molecule has 0 aliphatic rings. The van der Waals surface area contributed by atoms with Gasteiger partial charge in [-0.2, -0.15) is 0 Å². The Kier molecular flexibility index (Phi) is 8.38. The molecule has 0 radical (unpaired) electrons. The van der Waals surface area contributed by atoms with E-state index in [1.54, 1.807) is 6.20 Å². The van der Waals surface area contributed by atoms with Crippen LogP contribution in [-0.2, 0) is 6.54 Å². The maximum atomic E-state index is 4.62. The molecule has 0 fully saturated rings. The van der Waals surface area contributed by atoms with Gasteiger partial charge < -0.3 is 15.2 Å². The average molecular weight is 506 g/mol. The van der Waals surface area contributed by atoms with E-state index >= 15 is 0 Å². The van der Waals surface area contributed by atoms with Gasteiger partial charge in [0.15, 0.2) is 0 Å². The standard InChI is InChI=1S/C31H35N7/c1-22(26(5)36-29-10-8-7-9-23(29)2)11-12-25(4)35-27(6)33-18-24(3)30-19-34-31-17-28(13-15-38(30)31)20-37-16-14-32-21-37/h7-19,21,36H,5,20H2,1-4,6H3,(H,33,35)/b22-11+,24-18+,25-12+. The van der Waals surface area contributed by atoms with Gasteiger partial charge in [0.1, 0.15) is 11.5 Å². The van der Waals surface area contributed by atoms with Crippen molar-refractivity contribution >= 4 is 22.7 Å². The molecule has 2 N–H and O–H groups in total. The fourth-order valence-electron chi connectivity index (χ4n) is 3.95. The summed E-state index contributed by atoms with van der Waals surface area (Å²) in [6.45, 7) is 15.1. The lowest BCUT2D eigenvalue weighted by Gasteiger charge is -2.12. The molecule has 0 unspecified atom stereocenters. The first-order valence-electron chi connectivity index (χ1n) is 12.6. The Labute approximate surface area is 224 Å². The number of aliphatic imine (C=N–C) groups is 1. The van der Waals surface area contributed by atoms with Crippen molar-refractivity contribution < 1.29 is 0 Å². The number of aryl methyl sites for hydroxylation is 1. The molecule has 0 spiro atoms. The smallest absolute Gasteiger partial charge is 0.137 e. The number of fused-ring (bicyclic) bond motifs is 1. The highest BCUT2D eigenvalue weighted by molar-refractivity contribution is 5.82. The summed E-state index contributed by atoms with van der Waals surface area (Å²) < 4.78 is 4.12. The molecule has 0 saturated carbocycles. The summed E-state index contributed by atoms with van der Waals surface area (Å²) >= 11 is 0. The van der Waals surface area contributed by atoms with E-state index in [0.717, 1.165) is 51.9 Å². The molecule has 0 atom stereocenters. The second-order valence-electron chi connectivity index (χ2n) is 9.41. The van der Waals surface area contributed by atoms with Crippen LogP contribution in [0.5, 0.6) is 0 Å². The zero-order valence-electron chi connectivity index (χ0n) is 22.7. The lowest BCUT2D eigenvalue weighted by molar-refractivity contribution is 0.796. The van der Waals surface area contributed by atoms with Crippen LogP contribution in [0.25, 0.3) is 11.2 Å². The maximum Gasteiger partial charge on any atom is 0.137 e. The highest BCUT2D eigenvalue weighted by Gasteiger charge is 2.06. The van der Waals surface area contributed by atoms with E-state index in [-0.39, 0.29) is 0 Å². The highest BCUT2D eigenvalue weighted by Crippen LogP contribution is 2.19. The van der Waals surface area contributed by atoms with E-state index in [0.29, 0.717) is 0 Å². The zero-order valence-corrected chi connectivity index (χ0v) is 22.7. The average Bonchev–Trinajstić information content (AvgIpc) is 3.57. The first-order valence-corrected chi connectivity index (χ1v) is 12.6. The second kappa shape index (κ2) is 12.1. The Hall–Kier alpha value is -4.65. The molecule has 0 aliphatic heterocycles. The molecule has 7 nitrogen and oxygen atoms in total. The number of amidine groups is 1. The maximum absolute atomic E-state index is 4.62. The molecule has 4 aromatic rings. The number of hydrogen-bond donors (Lipinski definition) is 2. The van der Waals surface area contributed by atoms with E-state index in [1.807, 2.05) is 81.5 Å². The normalized spacial score (nSPS) is 13.2. The molecule has 3 heterocycles. The van der Waals surface area contributed by atoms with E-state index in [1.165, 1.54) is 11.1 Å². The summed E-state index contributed by atoms with van der Waals surface area (Å²) in [4.78, 5) is 13.3.